The normalized spacial score (nSPS) is 24.1. The molecule has 0 spiro atoms. The first-order chi connectivity index (χ1) is 44.4. The second kappa shape index (κ2) is 35.3. The first-order valence-electron chi connectivity index (χ1n) is 34.7. The minimum Gasteiger partial charge on any atom is -0.457 e. The third kappa shape index (κ3) is 19.3. The standard InChI is InChI=1S/C68H104N9O14P/c1-6-7-8-9-10-11-12-13-14-15-16-17-18-19-21-27-59(78)66(89-92(84,85)87-43-41-69)60(88-61(79)28-22-20-23-42-70-56-34-36-58(77(82)83)65-63(56)73-91-75-65)46-86-51-37-39-67(4)50(44-51)30-31-52-54-33-32-53(68(54,5)40-38-55(52)67)47(2)25-24-26-48(3)71-45-49-29-35-57(76(80)81)64-62(49)72-90-74-64/h13-14,29-30,34-36,47-48,51-55,60,66,70-71H,6-12,15-28,31-33,37-46,69H2,1-5H3,(H,84,85)/b14-13-/t47-,48?,51?,52+,53-,54+,55+,60+,66?,67+,68-/m1/s1. The number of nitrogens with zero attached hydrogens (tertiary/aromatic N) is 6. The van der Waals surface area contributed by atoms with E-state index in [-0.39, 0.29) is 83.5 Å². The van der Waals surface area contributed by atoms with Crippen LogP contribution in [-0.4, -0.2) is 97.8 Å². The number of ketones is 1. The molecule has 4 aliphatic rings. The average Bonchev–Trinajstić information content (AvgIpc) is 1.34. The Bertz CT molecular complexity index is 3140. The topological polar surface area (TPSA) is 323 Å². The number of ether oxygens (including phenoxy) is 2. The summed E-state index contributed by atoms with van der Waals surface area (Å²) >= 11 is 0. The van der Waals surface area contributed by atoms with Gasteiger partial charge in [-0.15, -0.1) is 0 Å². The number of nitro benzene ring substituents is 2. The third-order valence-electron chi connectivity index (χ3n) is 21.1. The number of esters is 1. The number of phosphoric ester groups is 1. The Morgan fingerprint density at radius 2 is 1.45 bits per heavy atom. The molecule has 0 aliphatic heterocycles. The van der Waals surface area contributed by atoms with Gasteiger partial charge in [0.25, 0.3) is 0 Å². The maximum atomic E-state index is 14.4. The second-order valence-corrected chi connectivity index (χ2v) is 28.8. The molecule has 12 atom stereocenters. The van der Waals surface area contributed by atoms with Crippen LogP contribution in [0.1, 0.15) is 226 Å². The van der Waals surface area contributed by atoms with Crippen molar-refractivity contribution in [1.29, 1.82) is 0 Å². The van der Waals surface area contributed by atoms with Crippen molar-refractivity contribution in [1.82, 2.24) is 25.9 Å². The molecule has 510 valence electrons. The van der Waals surface area contributed by atoms with Crippen LogP contribution in [0.25, 0.3) is 22.1 Å². The van der Waals surface area contributed by atoms with Crippen LogP contribution in [0.5, 0.6) is 0 Å². The summed E-state index contributed by atoms with van der Waals surface area (Å²) < 4.78 is 47.0. The number of anilines is 1. The highest BCUT2D eigenvalue weighted by atomic mass is 31.2. The summed E-state index contributed by atoms with van der Waals surface area (Å²) in [5.74, 6) is 1.99. The average molecular weight is 1300 g/mol. The largest absolute Gasteiger partial charge is 0.473 e. The monoisotopic (exact) mass is 1300 g/mol. The highest BCUT2D eigenvalue weighted by Crippen LogP contribution is 2.67. The SMILES string of the molecule is CCCCCCCC/C=C\CCCCCCCC(=O)C(OP(=O)(O)OCCN)[C@H](COC1CC[C@@]2(C)C(=CC[C@H]3[C@@H]4CC[C@H]([C@H](C)CCCC(C)NCc5ccc([N+](=O)[O-])c6nonc56)[C@@]4(C)CC[C@@H]32)C1)OC(=O)CCCCCNc1ccc([N+](=O)[O-])c2nonc12. The molecule has 3 saturated carbocycles. The van der Waals surface area contributed by atoms with Crippen LogP contribution in [-0.2, 0) is 39.2 Å². The number of aromatic nitrogens is 4. The van der Waals surface area contributed by atoms with Crippen molar-refractivity contribution in [2.75, 3.05) is 31.6 Å². The van der Waals surface area contributed by atoms with E-state index in [1.807, 2.05) is 0 Å². The Labute approximate surface area is 542 Å². The van der Waals surface area contributed by atoms with Crippen molar-refractivity contribution in [3.05, 3.63) is 73.9 Å². The summed E-state index contributed by atoms with van der Waals surface area (Å²) in [5, 5.41) is 45.1. The number of rotatable bonds is 43. The van der Waals surface area contributed by atoms with Gasteiger partial charge in [0.2, 0.25) is 11.0 Å². The number of unbranched alkanes of at least 4 members (excludes halogenated alkanes) is 13. The molecule has 2 aromatic heterocycles. The molecule has 2 aromatic carbocycles. The first kappa shape index (κ1) is 72.3. The van der Waals surface area contributed by atoms with Gasteiger partial charge >= 0.3 is 25.2 Å². The molecule has 8 rings (SSSR count). The highest BCUT2D eigenvalue weighted by molar-refractivity contribution is 7.47. The van der Waals surface area contributed by atoms with Crippen molar-refractivity contribution in [3.63, 3.8) is 0 Å². The van der Waals surface area contributed by atoms with Gasteiger partial charge in [-0.2, -0.15) is 0 Å². The van der Waals surface area contributed by atoms with Gasteiger partial charge in [-0.3, -0.25) is 38.9 Å². The smallest absolute Gasteiger partial charge is 0.457 e. The van der Waals surface area contributed by atoms with Gasteiger partial charge in [-0.05, 0) is 188 Å². The zero-order valence-electron chi connectivity index (χ0n) is 55.2. The Kier molecular flexibility index (Phi) is 27.7. The number of phosphoric acid groups is 1. The number of benzene rings is 2. The van der Waals surface area contributed by atoms with Crippen LogP contribution < -0.4 is 16.4 Å². The van der Waals surface area contributed by atoms with E-state index in [0.29, 0.717) is 86.0 Å². The summed E-state index contributed by atoms with van der Waals surface area (Å²) in [6, 6.07) is 6.32. The molecule has 3 fully saturated rings. The number of nitrogens with two attached hydrogens (primary N) is 1. The van der Waals surface area contributed by atoms with E-state index in [0.717, 1.165) is 82.6 Å². The number of carbonyl (C=O) groups excluding carboxylic acids is 2. The molecule has 23 nitrogen and oxygen atoms in total. The molecule has 0 bridgehead atoms. The van der Waals surface area contributed by atoms with Gasteiger partial charge in [0, 0.05) is 50.7 Å². The maximum Gasteiger partial charge on any atom is 0.473 e. The number of hydrogen-bond donors (Lipinski definition) is 4. The van der Waals surface area contributed by atoms with Gasteiger partial charge in [-0.25, -0.2) is 13.8 Å². The molecule has 4 aliphatic carbocycles. The van der Waals surface area contributed by atoms with E-state index in [1.165, 1.54) is 81.9 Å². The lowest BCUT2D eigenvalue weighted by Crippen LogP contribution is -2.51. The van der Waals surface area contributed by atoms with Crippen LogP contribution in [0.2, 0.25) is 0 Å². The lowest BCUT2D eigenvalue weighted by Gasteiger charge is -2.58. The third-order valence-corrected chi connectivity index (χ3v) is 22.1. The van der Waals surface area contributed by atoms with Gasteiger partial charge in [0.05, 0.1) is 34.9 Å². The number of nitrogens with one attached hydrogen (secondary N) is 2. The van der Waals surface area contributed by atoms with E-state index in [9.17, 15) is 39.3 Å². The fourth-order valence-electron chi connectivity index (χ4n) is 16.0. The minimum absolute atomic E-state index is 0.00226. The predicted molar refractivity (Wildman–Crippen MR) is 352 cm³/mol. The lowest BCUT2D eigenvalue weighted by atomic mass is 9.47. The molecule has 2 heterocycles. The van der Waals surface area contributed by atoms with Crippen molar-refractivity contribution >= 4 is 58.7 Å². The van der Waals surface area contributed by atoms with Crippen LogP contribution in [0.3, 0.4) is 0 Å². The van der Waals surface area contributed by atoms with Crippen LogP contribution in [0.4, 0.5) is 17.1 Å². The Morgan fingerprint density at radius 3 is 2.16 bits per heavy atom. The Morgan fingerprint density at radius 1 is 0.793 bits per heavy atom. The number of nitro groups is 2. The molecule has 24 heteroatoms. The summed E-state index contributed by atoms with van der Waals surface area (Å²) in [6.45, 7) is 12.4. The zero-order chi connectivity index (χ0) is 65.7. The molecule has 0 amide bonds. The minimum atomic E-state index is -4.86. The fourth-order valence-corrected chi connectivity index (χ4v) is 17.0. The molecule has 5 N–H and O–H groups in total. The van der Waals surface area contributed by atoms with Crippen LogP contribution >= 0.6 is 7.82 Å². The summed E-state index contributed by atoms with van der Waals surface area (Å²) in [7, 11) is -4.86. The van der Waals surface area contributed by atoms with Gasteiger partial charge in [0.1, 0.15) is 5.52 Å². The van der Waals surface area contributed by atoms with E-state index in [1.54, 1.807) is 12.1 Å². The van der Waals surface area contributed by atoms with Crippen molar-refractivity contribution in [2.45, 2.75) is 252 Å². The van der Waals surface area contributed by atoms with E-state index < -0.39 is 41.6 Å². The Hall–Kier alpha value is -5.55. The van der Waals surface area contributed by atoms with Crippen molar-refractivity contribution < 1.29 is 56.7 Å². The van der Waals surface area contributed by atoms with E-state index in [2.05, 4.69) is 84.1 Å². The first-order valence-corrected chi connectivity index (χ1v) is 36.2. The highest BCUT2D eigenvalue weighted by Gasteiger charge is 2.59. The quantitative estimate of drug-likeness (QED) is 0.00799. The Balaban J connectivity index is 0.855. The number of allylic oxidation sites excluding steroid dienone is 3. The zero-order valence-corrected chi connectivity index (χ0v) is 56.1. The maximum absolute atomic E-state index is 14.4. The molecule has 0 saturated heterocycles. The van der Waals surface area contributed by atoms with E-state index >= 15 is 0 Å². The lowest BCUT2D eigenvalue weighted by molar-refractivity contribution is -0.383. The number of non-ortho nitro benzene ring substituents is 2. The van der Waals surface area contributed by atoms with Gasteiger partial charge in [-0.1, -0.05) is 122 Å². The molecular formula is C68H104N9O14P. The van der Waals surface area contributed by atoms with Crippen LogP contribution in [0, 0.1) is 60.6 Å². The van der Waals surface area contributed by atoms with Crippen molar-refractivity contribution in [3.8, 4) is 0 Å². The number of carbonyl (C=O) groups is 2. The second-order valence-electron chi connectivity index (χ2n) is 27.4. The number of hydrogen-bond acceptors (Lipinski definition) is 20. The molecule has 0 radical (unpaired) electrons. The predicted octanol–water partition coefficient (Wildman–Crippen LogP) is 15.5. The molecular weight excluding hydrogens is 1200 g/mol. The summed E-state index contributed by atoms with van der Waals surface area (Å²) in [4.78, 5) is 61.2. The molecule has 92 heavy (non-hydrogen) atoms. The van der Waals surface area contributed by atoms with Crippen LogP contribution in [0.15, 0.2) is 57.3 Å². The fraction of sp³-hybridized carbons (Fsp3) is 0.735. The molecule has 4 unspecified atom stereocenters. The van der Waals surface area contributed by atoms with Gasteiger partial charge < -0.3 is 30.7 Å². The number of Topliss-reactive ketones (excluding diaryl/α,β-unsaturated/α-hetero) is 1. The summed E-state index contributed by atoms with van der Waals surface area (Å²) in [5.41, 5.74) is 9.24. The summed E-state index contributed by atoms with van der Waals surface area (Å²) in [6.07, 6.45) is 31.3. The number of fused-ring (bicyclic) bond motifs is 7. The van der Waals surface area contributed by atoms with E-state index in [4.69, 9.17) is 33.5 Å². The molecule has 4 aromatic rings. The van der Waals surface area contributed by atoms with Crippen molar-refractivity contribution in [2.24, 2.45) is 46.2 Å². The van der Waals surface area contributed by atoms with Gasteiger partial charge in [0.15, 0.2) is 23.5 Å².